The highest BCUT2D eigenvalue weighted by atomic mass is 32.2. The van der Waals surface area contributed by atoms with E-state index in [9.17, 15) is 9.59 Å². The van der Waals surface area contributed by atoms with Gasteiger partial charge in [0.25, 0.3) is 0 Å². The number of alkyl carbamates (subject to hydrolysis) is 1. The topological polar surface area (TPSA) is 120 Å². The SMILES string of the molecule is Cc1cc(OCc2nnc(SC3CCCC3)n2-c2cccnc2)ccc1C#CCOC(=O)NCCNC(=O)CC1[C@H]2CC3C[C@H](C2)C[C@H]1C3. The van der Waals surface area contributed by atoms with Gasteiger partial charge in [0.05, 0.1) is 11.9 Å². The summed E-state index contributed by atoms with van der Waals surface area (Å²) >= 11 is 1.79. The quantitative estimate of drug-likeness (QED) is 0.170. The Morgan fingerprint density at radius 2 is 1.78 bits per heavy atom. The molecule has 0 radical (unpaired) electrons. The Bertz CT molecular complexity index is 1650. The number of carbonyl (C=O) groups excluding carboxylic acids is 2. The number of nitrogens with one attached hydrogen (secondary N) is 2. The van der Waals surface area contributed by atoms with Crippen molar-refractivity contribution in [1.29, 1.82) is 0 Å². The Balaban J connectivity index is 0.830. The van der Waals surface area contributed by atoms with Crippen LogP contribution in [0.25, 0.3) is 5.69 Å². The molecule has 5 saturated carbocycles. The van der Waals surface area contributed by atoms with E-state index < -0.39 is 6.09 Å². The number of hydrogen-bond donors (Lipinski definition) is 2. The summed E-state index contributed by atoms with van der Waals surface area (Å²) in [6.07, 6.45) is 15.3. The average Bonchev–Trinajstić information content (AvgIpc) is 3.77. The van der Waals surface area contributed by atoms with Gasteiger partial charge in [0.1, 0.15) is 12.4 Å². The van der Waals surface area contributed by atoms with Gasteiger partial charge in [0.2, 0.25) is 5.91 Å². The standard InChI is InChI=1S/C38H46N6O4S/c1-25-16-32(48-24-35-42-43-37(49-33-8-2-3-9-33)44(35)31-7-4-12-39-23-31)11-10-28(25)6-5-15-47-38(46)41-14-13-40-36(45)22-34-29-18-26-17-27(20-29)21-30(34)19-26/h4,7,10-12,16,23,26-27,29-30,33-34H,2-3,8-9,13-15,17-22,24H2,1H3,(H,40,45)(H,41,46)/t26-,27?,29-,30+,34?. The maximum atomic E-state index is 12.6. The van der Waals surface area contributed by atoms with Crippen LogP contribution in [0, 0.1) is 48.4 Å². The molecule has 10 nitrogen and oxygen atoms in total. The lowest BCUT2D eigenvalue weighted by atomic mass is 9.51. The third-order valence-corrected chi connectivity index (χ3v) is 12.1. The molecular formula is C38H46N6O4S. The number of pyridine rings is 1. The minimum atomic E-state index is -0.547. The largest absolute Gasteiger partial charge is 0.486 e. The van der Waals surface area contributed by atoms with Crippen LogP contribution in [-0.4, -0.2) is 56.7 Å². The van der Waals surface area contributed by atoms with E-state index >= 15 is 0 Å². The summed E-state index contributed by atoms with van der Waals surface area (Å²) in [6.45, 7) is 2.90. The number of aromatic nitrogens is 4. The van der Waals surface area contributed by atoms with E-state index in [-0.39, 0.29) is 19.1 Å². The number of ether oxygens (including phenoxy) is 2. The molecule has 0 spiro atoms. The highest BCUT2D eigenvalue weighted by Crippen LogP contribution is 2.57. The Kier molecular flexibility index (Phi) is 10.7. The molecule has 3 aromatic rings. The average molecular weight is 683 g/mol. The summed E-state index contributed by atoms with van der Waals surface area (Å²) < 4.78 is 13.4. The van der Waals surface area contributed by atoms with E-state index in [0.29, 0.717) is 42.3 Å². The summed E-state index contributed by atoms with van der Waals surface area (Å²) in [5.74, 6) is 11.3. The summed E-state index contributed by atoms with van der Waals surface area (Å²) in [5, 5.41) is 16.1. The van der Waals surface area contributed by atoms with E-state index in [1.165, 1.54) is 57.8 Å². The zero-order chi connectivity index (χ0) is 33.6. The van der Waals surface area contributed by atoms with Crippen molar-refractivity contribution in [3.63, 3.8) is 0 Å². The number of nitrogens with zero attached hydrogens (tertiary/aromatic N) is 4. The molecule has 1 aromatic carbocycles. The first kappa shape index (κ1) is 33.5. The van der Waals surface area contributed by atoms with E-state index in [4.69, 9.17) is 9.47 Å². The van der Waals surface area contributed by atoms with Crippen LogP contribution < -0.4 is 15.4 Å². The minimum absolute atomic E-state index is 0.0342. The fourth-order valence-corrected chi connectivity index (χ4v) is 9.96. The fourth-order valence-electron chi connectivity index (χ4n) is 8.69. The van der Waals surface area contributed by atoms with E-state index in [1.807, 2.05) is 48.0 Å². The molecule has 2 aromatic heterocycles. The number of carbonyl (C=O) groups is 2. The monoisotopic (exact) mass is 682 g/mol. The Hall–Kier alpha value is -4.04. The molecular weight excluding hydrogens is 637 g/mol. The van der Waals surface area contributed by atoms with Gasteiger partial charge in [-0.15, -0.1) is 10.2 Å². The lowest BCUT2D eigenvalue weighted by Crippen LogP contribution is -2.46. The molecule has 49 heavy (non-hydrogen) atoms. The van der Waals surface area contributed by atoms with Gasteiger partial charge >= 0.3 is 6.09 Å². The Morgan fingerprint density at radius 3 is 2.51 bits per heavy atom. The van der Waals surface area contributed by atoms with Crippen molar-refractivity contribution in [2.24, 2.45) is 29.6 Å². The molecule has 0 saturated heterocycles. The Labute approximate surface area is 292 Å². The van der Waals surface area contributed by atoms with Crippen molar-refractivity contribution >= 4 is 23.8 Å². The van der Waals surface area contributed by atoms with Crippen LogP contribution in [0.15, 0.2) is 47.9 Å². The zero-order valence-electron chi connectivity index (χ0n) is 28.2. The van der Waals surface area contributed by atoms with Crippen molar-refractivity contribution in [2.75, 3.05) is 19.7 Å². The van der Waals surface area contributed by atoms with Gasteiger partial charge in [-0.2, -0.15) is 0 Å². The summed E-state index contributed by atoms with van der Waals surface area (Å²) in [6, 6.07) is 9.63. The molecule has 2 N–H and O–H groups in total. The van der Waals surface area contributed by atoms with E-state index in [0.717, 1.165) is 45.6 Å². The van der Waals surface area contributed by atoms with Crippen molar-refractivity contribution in [2.45, 2.75) is 88.1 Å². The summed E-state index contributed by atoms with van der Waals surface area (Å²) in [4.78, 5) is 29.0. The van der Waals surface area contributed by atoms with Gasteiger partial charge in [-0.3, -0.25) is 14.3 Å². The molecule has 2 amide bonds. The van der Waals surface area contributed by atoms with E-state index in [2.05, 4.69) is 37.7 Å². The van der Waals surface area contributed by atoms with Crippen LogP contribution >= 0.6 is 11.8 Å². The highest BCUT2D eigenvalue weighted by molar-refractivity contribution is 7.99. The molecule has 5 aliphatic rings. The number of hydrogen-bond acceptors (Lipinski definition) is 8. The van der Waals surface area contributed by atoms with Crippen LogP contribution in [0.4, 0.5) is 4.79 Å². The molecule has 2 heterocycles. The van der Waals surface area contributed by atoms with Gasteiger partial charge < -0.3 is 20.1 Å². The maximum absolute atomic E-state index is 12.6. The molecule has 0 atom stereocenters. The van der Waals surface area contributed by atoms with Gasteiger partial charge in [0.15, 0.2) is 17.6 Å². The van der Waals surface area contributed by atoms with Crippen molar-refractivity contribution < 1.29 is 19.1 Å². The molecule has 0 unspecified atom stereocenters. The van der Waals surface area contributed by atoms with Crippen molar-refractivity contribution in [3.05, 3.63) is 59.7 Å². The molecule has 11 heteroatoms. The van der Waals surface area contributed by atoms with Crippen LogP contribution in [0.1, 0.15) is 81.2 Å². The van der Waals surface area contributed by atoms with Crippen molar-refractivity contribution in [3.8, 4) is 23.3 Å². The van der Waals surface area contributed by atoms with Crippen LogP contribution in [0.3, 0.4) is 0 Å². The second-order valence-corrected chi connectivity index (χ2v) is 15.5. The molecule has 0 aliphatic heterocycles. The molecule has 5 fully saturated rings. The first-order valence-corrected chi connectivity index (χ1v) is 18.8. The van der Waals surface area contributed by atoms with Crippen LogP contribution in [-0.2, 0) is 16.1 Å². The van der Waals surface area contributed by atoms with Gasteiger partial charge in [0, 0.05) is 36.5 Å². The summed E-state index contributed by atoms with van der Waals surface area (Å²) in [5.41, 5.74) is 2.69. The molecule has 5 aliphatic carbocycles. The second kappa shape index (κ2) is 15.7. The molecule has 4 bridgehead atoms. The van der Waals surface area contributed by atoms with E-state index in [1.54, 1.807) is 18.0 Å². The predicted octanol–water partition coefficient (Wildman–Crippen LogP) is 6.24. The van der Waals surface area contributed by atoms with Crippen LogP contribution in [0.2, 0.25) is 0 Å². The number of benzene rings is 1. The Morgan fingerprint density at radius 1 is 1.00 bits per heavy atom. The summed E-state index contributed by atoms with van der Waals surface area (Å²) in [7, 11) is 0. The fraction of sp³-hybridized carbons (Fsp3) is 0.553. The smallest absolute Gasteiger partial charge is 0.408 e. The predicted molar refractivity (Wildman–Crippen MR) is 187 cm³/mol. The lowest BCUT2D eigenvalue weighted by Gasteiger charge is -2.54. The maximum Gasteiger partial charge on any atom is 0.408 e. The third kappa shape index (κ3) is 8.41. The zero-order valence-corrected chi connectivity index (χ0v) is 29.1. The minimum Gasteiger partial charge on any atom is -0.486 e. The number of thioether (sulfide) groups is 1. The van der Waals surface area contributed by atoms with Crippen molar-refractivity contribution in [1.82, 2.24) is 30.4 Å². The van der Waals surface area contributed by atoms with Gasteiger partial charge in [-0.25, -0.2) is 4.79 Å². The first-order chi connectivity index (χ1) is 24.0. The second-order valence-electron chi connectivity index (χ2n) is 14.2. The first-order valence-electron chi connectivity index (χ1n) is 17.9. The van der Waals surface area contributed by atoms with Gasteiger partial charge in [-0.1, -0.05) is 36.4 Å². The van der Waals surface area contributed by atoms with Gasteiger partial charge in [-0.05, 0) is 117 Å². The number of rotatable bonds is 12. The third-order valence-electron chi connectivity index (χ3n) is 10.8. The normalized spacial score (nSPS) is 23.9. The van der Waals surface area contributed by atoms with Crippen LogP contribution in [0.5, 0.6) is 5.75 Å². The number of amides is 2. The highest BCUT2D eigenvalue weighted by Gasteiger charge is 2.48. The number of aryl methyl sites for hydroxylation is 1. The lowest BCUT2D eigenvalue weighted by molar-refractivity contribution is -0.126. The molecule has 8 rings (SSSR count). The molecule has 258 valence electrons.